The third-order valence-electron chi connectivity index (χ3n) is 3.06. The number of aliphatic hydroxyl groups excluding tert-OH is 1. The van der Waals surface area contributed by atoms with Crippen LogP contribution >= 0.6 is 27.5 Å². The van der Waals surface area contributed by atoms with E-state index in [0.717, 1.165) is 5.56 Å². The number of amides is 1. The molecule has 1 amide bonds. The molecule has 0 fully saturated rings. The van der Waals surface area contributed by atoms with Gasteiger partial charge in [0.2, 0.25) is 0 Å². The van der Waals surface area contributed by atoms with Crippen molar-refractivity contribution < 1.29 is 9.90 Å². The zero-order valence-electron chi connectivity index (χ0n) is 11.2. The van der Waals surface area contributed by atoms with Gasteiger partial charge in [-0.25, -0.2) is 0 Å². The SMILES string of the molecule is O=C(NC(CO)Cc1ccccc1)c1ccc(Cl)c(Br)c1. The largest absolute Gasteiger partial charge is 0.394 e. The van der Waals surface area contributed by atoms with Crippen molar-refractivity contribution in [3.8, 4) is 0 Å². The summed E-state index contributed by atoms with van der Waals surface area (Å²) in [5.41, 5.74) is 1.56. The second-order valence-electron chi connectivity index (χ2n) is 4.67. The number of rotatable bonds is 5. The number of carbonyl (C=O) groups is 1. The van der Waals surface area contributed by atoms with Gasteiger partial charge in [-0.05, 0) is 46.1 Å². The van der Waals surface area contributed by atoms with Crippen molar-refractivity contribution >= 4 is 33.4 Å². The Balaban J connectivity index is 2.04. The van der Waals surface area contributed by atoms with Crippen molar-refractivity contribution in [2.45, 2.75) is 12.5 Å². The zero-order valence-corrected chi connectivity index (χ0v) is 13.6. The fraction of sp³-hybridized carbons (Fsp3) is 0.188. The highest BCUT2D eigenvalue weighted by atomic mass is 79.9. The van der Waals surface area contributed by atoms with Crippen LogP contribution in [0.3, 0.4) is 0 Å². The van der Waals surface area contributed by atoms with Gasteiger partial charge >= 0.3 is 0 Å². The van der Waals surface area contributed by atoms with Gasteiger partial charge in [-0.1, -0.05) is 41.9 Å². The second-order valence-corrected chi connectivity index (χ2v) is 5.93. The molecule has 1 unspecified atom stereocenters. The highest BCUT2D eigenvalue weighted by Gasteiger charge is 2.14. The lowest BCUT2D eigenvalue weighted by Gasteiger charge is -2.16. The molecule has 2 rings (SSSR count). The van der Waals surface area contributed by atoms with Crippen LogP contribution in [0.1, 0.15) is 15.9 Å². The van der Waals surface area contributed by atoms with Gasteiger partial charge in [-0.2, -0.15) is 0 Å². The molecule has 0 saturated heterocycles. The minimum Gasteiger partial charge on any atom is -0.394 e. The quantitative estimate of drug-likeness (QED) is 0.849. The van der Waals surface area contributed by atoms with Crippen LogP contribution in [0.25, 0.3) is 0 Å². The molecule has 0 radical (unpaired) electrons. The lowest BCUT2D eigenvalue weighted by atomic mass is 10.1. The first-order valence-corrected chi connectivity index (χ1v) is 7.68. The maximum absolute atomic E-state index is 12.2. The van der Waals surface area contributed by atoms with E-state index in [-0.39, 0.29) is 18.6 Å². The van der Waals surface area contributed by atoms with Crippen molar-refractivity contribution in [1.82, 2.24) is 5.32 Å². The van der Waals surface area contributed by atoms with Gasteiger partial charge in [0.15, 0.2) is 0 Å². The number of carbonyl (C=O) groups excluding carboxylic acids is 1. The van der Waals surface area contributed by atoms with Crippen LogP contribution < -0.4 is 5.32 Å². The lowest BCUT2D eigenvalue weighted by Crippen LogP contribution is -2.39. The predicted molar refractivity (Wildman–Crippen MR) is 87.6 cm³/mol. The molecule has 0 bridgehead atoms. The van der Waals surface area contributed by atoms with Gasteiger partial charge in [-0.3, -0.25) is 4.79 Å². The Kier molecular flexibility index (Phi) is 5.79. The van der Waals surface area contributed by atoms with Crippen LogP contribution in [0.4, 0.5) is 0 Å². The monoisotopic (exact) mass is 367 g/mol. The third kappa shape index (κ3) is 4.56. The Morgan fingerprint density at radius 2 is 1.95 bits per heavy atom. The Labute approximate surface area is 137 Å². The minimum atomic E-state index is -0.325. The van der Waals surface area contributed by atoms with Crippen LogP contribution in [0, 0.1) is 0 Å². The van der Waals surface area contributed by atoms with Gasteiger partial charge in [0, 0.05) is 10.0 Å². The minimum absolute atomic E-state index is 0.116. The van der Waals surface area contributed by atoms with Gasteiger partial charge in [0.1, 0.15) is 0 Å². The number of halogens is 2. The average Bonchev–Trinajstić information content (AvgIpc) is 2.50. The Hall–Kier alpha value is -1.36. The molecule has 0 heterocycles. The summed E-state index contributed by atoms with van der Waals surface area (Å²) in [5.74, 6) is -0.234. The fourth-order valence-corrected chi connectivity index (χ4v) is 2.46. The smallest absolute Gasteiger partial charge is 0.251 e. The Morgan fingerprint density at radius 1 is 1.24 bits per heavy atom. The van der Waals surface area contributed by atoms with Gasteiger partial charge in [0.05, 0.1) is 17.7 Å². The van der Waals surface area contributed by atoms with E-state index in [1.165, 1.54) is 0 Å². The van der Waals surface area contributed by atoms with Gasteiger partial charge < -0.3 is 10.4 Å². The van der Waals surface area contributed by atoms with Crippen molar-refractivity contribution in [3.63, 3.8) is 0 Å². The summed E-state index contributed by atoms with van der Waals surface area (Å²) < 4.78 is 0.667. The van der Waals surface area contributed by atoms with E-state index < -0.39 is 0 Å². The highest BCUT2D eigenvalue weighted by molar-refractivity contribution is 9.10. The molecule has 21 heavy (non-hydrogen) atoms. The molecule has 2 N–H and O–H groups in total. The first kappa shape index (κ1) is 16.0. The summed E-state index contributed by atoms with van der Waals surface area (Å²) >= 11 is 9.20. The Bertz CT molecular complexity index is 619. The first-order valence-electron chi connectivity index (χ1n) is 6.51. The molecule has 3 nitrogen and oxygen atoms in total. The maximum Gasteiger partial charge on any atom is 0.251 e. The van der Waals surface area contributed by atoms with E-state index in [4.69, 9.17) is 11.6 Å². The maximum atomic E-state index is 12.2. The summed E-state index contributed by atoms with van der Waals surface area (Å²) in [4.78, 5) is 12.2. The molecular formula is C16H15BrClNO2. The summed E-state index contributed by atoms with van der Waals surface area (Å²) in [6, 6.07) is 14.4. The number of hydrogen-bond acceptors (Lipinski definition) is 2. The molecule has 0 saturated carbocycles. The third-order valence-corrected chi connectivity index (χ3v) is 4.28. The van der Waals surface area contributed by atoms with Crippen LogP contribution in [-0.2, 0) is 6.42 Å². The molecule has 0 aliphatic heterocycles. The molecule has 0 aliphatic carbocycles. The lowest BCUT2D eigenvalue weighted by molar-refractivity contribution is 0.0916. The number of aliphatic hydroxyl groups is 1. The molecule has 2 aromatic rings. The molecule has 0 aromatic heterocycles. The standard InChI is InChI=1S/C16H15BrClNO2/c17-14-9-12(6-7-15(14)18)16(21)19-13(10-20)8-11-4-2-1-3-5-11/h1-7,9,13,20H,8,10H2,(H,19,21). The van der Waals surface area contributed by atoms with E-state index in [0.29, 0.717) is 21.5 Å². The van der Waals surface area contributed by atoms with Gasteiger partial charge in [0.25, 0.3) is 5.91 Å². The number of benzene rings is 2. The first-order chi connectivity index (χ1) is 10.1. The van der Waals surface area contributed by atoms with E-state index >= 15 is 0 Å². The zero-order chi connectivity index (χ0) is 15.2. The van der Waals surface area contributed by atoms with E-state index in [1.807, 2.05) is 30.3 Å². The average molecular weight is 369 g/mol. The number of nitrogens with one attached hydrogen (secondary N) is 1. The molecular weight excluding hydrogens is 354 g/mol. The summed E-state index contributed by atoms with van der Waals surface area (Å²) in [5, 5.41) is 12.8. The summed E-state index contributed by atoms with van der Waals surface area (Å²) in [6.45, 7) is -0.116. The van der Waals surface area contributed by atoms with Crippen LogP contribution in [0.15, 0.2) is 53.0 Å². The van der Waals surface area contributed by atoms with Crippen molar-refractivity contribution in [2.75, 3.05) is 6.61 Å². The van der Waals surface area contributed by atoms with Crippen LogP contribution in [-0.4, -0.2) is 23.7 Å². The molecule has 110 valence electrons. The molecule has 5 heteroatoms. The summed E-state index contributed by atoms with van der Waals surface area (Å²) in [6.07, 6.45) is 0.581. The summed E-state index contributed by atoms with van der Waals surface area (Å²) in [7, 11) is 0. The fourth-order valence-electron chi connectivity index (χ4n) is 1.97. The molecule has 1 atom stereocenters. The van der Waals surface area contributed by atoms with Crippen molar-refractivity contribution in [3.05, 3.63) is 69.2 Å². The molecule has 2 aromatic carbocycles. The van der Waals surface area contributed by atoms with E-state index in [9.17, 15) is 9.90 Å². The van der Waals surface area contributed by atoms with E-state index in [2.05, 4.69) is 21.2 Å². The van der Waals surface area contributed by atoms with Gasteiger partial charge in [-0.15, -0.1) is 0 Å². The second kappa shape index (κ2) is 7.59. The van der Waals surface area contributed by atoms with Crippen molar-refractivity contribution in [1.29, 1.82) is 0 Å². The van der Waals surface area contributed by atoms with E-state index in [1.54, 1.807) is 18.2 Å². The molecule has 0 aliphatic rings. The number of hydrogen-bond donors (Lipinski definition) is 2. The Morgan fingerprint density at radius 3 is 2.57 bits per heavy atom. The predicted octanol–water partition coefficient (Wildman–Crippen LogP) is 3.44. The normalized spacial score (nSPS) is 12.0. The van der Waals surface area contributed by atoms with Crippen molar-refractivity contribution in [2.24, 2.45) is 0 Å². The molecule has 0 spiro atoms. The highest BCUT2D eigenvalue weighted by Crippen LogP contribution is 2.23. The van der Waals surface area contributed by atoms with Crippen LogP contribution in [0.5, 0.6) is 0 Å². The van der Waals surface area contributed by atoms with Crippen LogP contribution in [0.2, 0.25) is 5.02 Å². The topological polar surface area (TPSA) is 49.3 Å².